The second-order valence-electron chi connectivity index (χ2n) is 9.70. The van der Waals surface area contributed by atoms with Crippen molar-refractivity contribution in [1.82, 2.24) is 4.90 Å². The molecule has 29 heavy (non-hydrogen) atoms. The predicted molar refractivity (Wildman–Crippen MR) is 101 cm³/mol. The summed E-state index contributed by atoms with van der Waals surface area (Å²) in [6.45, 7) is 6.82. The zero-order valence-electron chi connectivity index (χ0n) is 17.4. The van der Waals surface area contributed by atoms with Crippen LogP contribution in [0.4, 0.5) is 0 Å². The molecule has 158 valence electrons. The maximum Gasteiger partial charge on any atom is 0.343 e. The number of aliphatic hydroxyl groups excluding tert-OH is 1. The molecule has 0 aromatic carbocycles. The molecule has 6 aliphatic rings. The maximum atomic E-state index is 12.2. The van der Waals surface area contributed by atoms with Crippen molar-refractivity contribution in [3.63, 3.8) is 0 Å². The second-order valence-corrected chi connectivity index (χ2v) is 9.70. The Kier molecular flexibility index (Phi) is 3.49. The van der Waals surface area contributed by atoms with Gasteiger partial charge in [-0.2, -0.15) is 0 Å². The number of cyclic esters (lactones) is 1. The molecule has 5 fully saturated rings. The summed E-state index contributed by atoms with van der Waals surface area (Å²) in [6.07, 6.45) is 3.61. The van der Waals surface area contributed by atoms with Crippen LogP contribution in [-0.2, 0) is 23.7 Å². The smallest absolute Gasteiger partial charge is 0.343 e. The lowest BCUT2D eigenvalue weighted by atomic mass is 9.69. The second kappa shape index (κ2) is 5.56. The number of rotatable bonds is 4. The van der Waals surface area contributed by atoms with Crippen molar-refractivity contribution in [3.05, 3.63) is 22.9 Å². The molecular formula is C22H29NO6. The van der Waals surface area contributed by atoms with E-state index in [9.17, 15) is 9.90 Å². The highest BCUT2D eigenvalue weighted by molar-refractivity contribution is 5.93. The monoisotopic (exact) mass is 403 g/mol. The van der Waals surface area contributed by atoms with Gasteiger partial charge < -0.3 is 24.1 Å². The third-order valence-corrected chi connectivity index (χ3v) is 8.56. The summed E-state index contributed by atoms with van der Waals surface area (Å²) in [4.78, 5) is 14.9. The summed E-state index contributed by atoms with van der Waals surface area (Å²) in [5.41, 5.74) is 0.451. The molecule has 0 aromatic rings. The van der Waals surface area contributed by atoms with E-state index < -0.39 is 5.79 Å². The van der Waals surface area contributed by atoms with Crippen molar-refractivity contribution in [1.29, 1.82) is 0 Å². The minimum Gasteiger partial charge on any atom is -0.492 e. The molecule has 0 amide bonds. The number of esters is 1. The van der Waals surface area contributed by atoms with Crippen molar-refractivity contribution < 1.29 is 28.8 Å². The van der Waals surface area contributed by atoms with E-state index in [1.54, 1.807) is 14.0 Å². The summed E-state index contributed by atoms with van der Waals surface area (Å²) in [7, 11) is 1.56. The lowest BCUT2D eigenvalue weighted by molar-refractivity contribution is -0.256. The Bertz CT molecular complexity index is 863. The first-order valence-corrected chi connectivity index (χ1v) is 10.9. The minimum absolute atomic E-state index is 0.0276. The molecule has 0 aliphatic carbocycles. The number of carbonyl (C=O) groups is 1. The van der Waals surface area contributed by atoms with Gasteiger partial charge in [0.1, 0.15) is 5.76 Å². The van der Waals surface area contributed by atoms with Gasteiger partial charge in [-0.05, 0) is 46.1 Å². The van der Waals surface area contributed by atoms with Gasteiger partial charge in [-0.3, -0.25) is 4.90 Å². The molecule has 7 nitrogen and oxygen atoms in total. The zero-order valence-corrected chi connectivity index (χ0v) is 17.4. The van der Waals surface area contributed by atoms with E-state index in [4.69, 9.17) is 18.9 Å². The average Bonchev–Trinajstić information content (AvgIpc) is 3.38. The Hall–Kier alpha value is -1.57. The fourth-order valence-corrected chi connectivity index (χ4v) is 7.62. The van der Waals surface area contributed by atoms with E-state index in [0.717, 1.165) is 32.2 Å². The van der Waals surface area contributed by atoms with E-state index in [1.807, 2.05) is 6.92 Å². The average molecular weight is 403 g/mol. The summed E-state index contributed by atoms with van der Waals surface area (Å²) in [5, 5.41) is 9.95. The molecule has 7 heteroatoms. The number of fused-ring (bicyclic) bond motifs is 1. The molecule has 1 unspecified atom stereocenters. The Morgan fingerprint density at radius 2 is 2.21 bits per heavy atom. The summed E-state index contributed by atoms with van der Waals surface area (Å²) < 4.78 is 24.5. The fraction of sp³-hybridized carbons (Fsp3) is 0.773. The van der Waals surface area contributed by atoms with Crippen molar-refractivity contribution in [3.8, 4) is 0 Å². The van der Waals surface area contributed by atoms with Gasteiger partial charge in [-0.15, -0.1) is 0 Å². The topological polar surface area (TPSA) is 77.5 Å². The molecule has 9 atom stereocenters. The molecule has 0 radical (unpaired) electrons. The zero-order chi connectivity index (χ0) is 20.3. The first-order chi connectivity index (χ1) is 13.8. The number of hydrogen-bond donors (Lipinski definition) is 1. The number of methoxy groups -OCH3 is 1. The Balaban J connectivity index is 1.44. The van der Waals surface area contributed by atoms with Gasteiger partial charge in [0.2, 0.25) is 11.5 Å². The fourth-order valence-electron chi connectivity index (χ4n) is 7.62. The standard InChI is InChI=1S/C22H29NO6/c1-10(24)5-7-21-14-6-8-23(21)13-9-15(21)28-22(14)16(13)11(2)18(29-22)19-17(26-4)12(3)20(25)27-19/h10-11,13-16,24H,5-9H2,1-4H3/b19-18-/t10-,11+,13+,14+,15+,16-,21+,22-/m1/s1. The van der Waals surface area contributed by atoms with Crippen LogP contribution in [0.3, 0.4) is 0 Å². The Morgan fingerprint density at radius 3 is 2.93 bits per heavy atom. The van der Waals surface area contributed by atoms with Gasteiger partial charge in [-0.25, -0.2) is 4.79 Å². The quantitative estimate of drug-likeness (QED) is 0.720. The van der Waals surface area contributed by atoms with Crippen LogP contribution in [0.5, 0.6) is 0 Å². The highest BCUT2D eigenvalue weighted by atomic mass is 16.7. The number of nitrogens with zero attached hydrogens (tertiary/aromatic N) is 1. The van der Waals surface area contributed by atoms with Gasteiger partial charge in [0.05, 0.1) is 36.3 Å². The molecule has 0 saturated carbocycles. The van der Waals surface area contributed by atoms with Gasteiger partial charge in [-0.1, -0.05) is 6.92 Å². The minimum atomic E-state index is -0.650. The van der Waals surface area contributed by atoms with E-state index in [2.05, 4.69) is 11.8 Å². The van der Waals surface area contributed by atoms with E-state index in [-0.39, 0.29) is 41.5 Å². The molecule has 1 spiro atoms. The van der Waals surface area contributed by atoms with Crippen molar-refractivity contribution in [2.24, 2.45) is 17.8 Å². The van der Waals surface area contributed by atoms with E-state index in [0.29, 0.717) is 28.9 Å². The van der Waals surface area contributed by atoms with Gasteiger partial charge in [0.25, 0.3) is 0 Å². The first-order valence-electron chi connectivity index (χ1n) is 10.9. The number of aliphatic hydroxyl groups is 1. The molecule has 0 aromatic heterocycles. The summed E-state index contributed by atoms with van der Waals surface area (Å²) in [5.74, 6) is 1.15. The van der Waals surface area contributed by atoms with Gasteiger partial charge in [0, 0.05) is 17.9 Å². The molecule has 1 N–H and O–H groups in total. The highest BCUT2D eigenvalue weighted by Crippen LogP contribution is 2.73. The summed E-state index contributed by atoms with van der Waals surface area (Å²) in [6, 6.07) is 0.405. The molecule has 6 aliphatic heterocycles. The number of carbonyl (C=O) groups excluding carboxylic acids is 1. The lowest BCUT2D eigenvalue weighted by Crippen LogP contribution is -2.61. The molecule has 5 saturated heterocycles. The van der Waals surface area contributed by atoms with Crippen LogP contribution in [0.2, 0.25) is 0 Å². The Morgan fingerprint density at radius 1 is 1.41 bits per heavy atom. The number of allylic oxidation sites excluding steroid dienone is 1. The first kappa shape index (κ1) is 18.2. The van der Waals surface area contributed by atoms with Crippen LogP contribution in [0.15, 0.2) is 22.9 Å². The number of ether oxygens (including phenoxy) is 4. The maximum absolute atomic E-state index is 12.2. The third kappa shape index (κ3) is 1.89. The van der Waals surface area contributed by atoms with Gasteiger partial charge >= 0.3 is 5.97 Å². The van der Waals surface area contributed by atoms with Crippen LogP contribution >= 0.6 is 0 Å². The largest absolute Gasteiger partial charge is 0.492 e. The lowest BCUT2D eigenvalue weighted by Gasteiger charge is -2.48. The molecule has 6 heterocycles. The van der Waals surface area contributed by atoms with Crippen molar-refractivity contribution in [2.75, 3.05) is 13.7 Å². The van der Waals surface area contributed by atoms with Crippen molar-refractivity contribution >= 4 is 5.97 Å². The van der Waals surface area contributed by atoms with E-state index >= 15 is 0 Å². The normalized spacial score (nSPS) is 52.2. The van der Waals surface area contributed by atoms with Crippen molar-refractivity contribution in [2.45, 2.75) is 76.0 Å². The van der Waals surface area contributed by atoms with Crippen LogP contribution in [0, 0.1) is 17.8 Å². The molecule has 5 bridgehead atoms. The van der Waals surface area contributed by atoms with Crippen LogP contribution < -0.4 is 0 Å². The summed E-state index contributed by atoms with van der Waals surface area (Å²) >= 11 is 0. The number of hydrogen-bond acceptors (Lipinski definition) is 7. The van der Waals surface area contributed by atoms with Gasteiger partial charge in [0.15, 0.2) is 5.76 Å². The third-order valence-electron chi connectivity index (χ3n) is 8.56. The van der Waals surface area contributed by atoms with Crippen LogP contribution in [-0.4, -0.2) is 59.2 Å². The molecule has 6 rings (SSSR count). The Labute approximate surface area is 170 Å². The predicted octanol–water partition coefficient (Wildman–Crippen LogP) is 2.06. The van der Waals surface area contributed by atoms with Crippen LogP contribution in [0.25, 0.3) is 0 Å². The molecular weight excluding hydrogens is 374 g/mol. The van der Waals surface area contributed by atoms with Crippen LogP contribution in [0.1, 0.15) is 46.5 Å². The van der Waals surface area contributed by atoms with E-state index in [1.165, 1.54) is 0 Å². The highest BCUT2D eigenvalue weighted by Gasteiger charge is 2.84. The number of piperidine rings is 1. The SMILES string of the molecule is COC1=C(C)C(=O)O/C1=C1\O[C@@]23O[C@H]4C[C@@H]([C@H]2[C@@H]1C)N1CC[C@H]3[C@@]41CC[C@@H](C)O.